The van der Waals surface area contributed by atoms with Gasteiger partial charge in [-0.05, 0) is 67.4 Å². The van der Waals surface area contributed by atoms with Gasteiger partial charge in [0.1, 0.15) is 18.1 Å². The Balaban J connectivity index is 1.47. The second kappa shape index (κ2) is 9.76. The average Bonchev–Trinajstić information content (AvgIpc) is 3.30. The number of carbonyl (C=O) groups is 2. The van der Waals surface area contributed by atoms with Crippen molar-refractivity contribution in [1.29, 1.82) is 0 Å². The number of aryl methyl sites for hydroxylation is 2. The summed E-state index contributed by atoms with van der Waals surface area (Å²) in [5, 5.41) is 3.15. The van der Waals surface area contributed by atoms with Gasteiger partial charge in [0.05, 0.1) is 5.69 Å². The van der Waals surface area contributed by atoms with Crippen molar-refractivity contribution >= 4 is 29.0 Å². The quantitative estimate of drug-likeness (QED) is 0.315. The lowest BCUT2D eigenvalue weighted by Gasteiger charge is -2.10. The van der Waals surface area contributed by atoms with Crippen LogP contribution in [0.3, 0.4) is 0 Å². The molecule has 0 radical (unpaired) electrons. The Morgan fingerprint density at radius 2 is 1.70 bits per heavy atom. The number of amides is 1. The number of rotatable bonds is 7. The molecule has 0 saturated heterocycles. The van der Waals surface area contributed by atoms with E-state index in [9.17, 15) is 9.59 Å². The van der Waals surface area contributed by atoms with Crippen LogP contribution in [-0.4, -0.2) is 11.7 Å². The van der Waals surface area contributed by atoms with E-state index in [4.69, 9.17) is 20.8 Å². The highest BCUT2D eigenvalue weighted by Gasteiger charge is 2.18. The molecule has 0 fully saturated rings. The van der Waals surface area contributed by atoms with E-state index < -0.39 is 5.91 Å². The van der Waals surface area contributed by atoms with Crippen molar-refractivity contribution in [3.63, 3.8) is 0 Å². The van der Waals surface area contributed by atoms with Crippen molar-refractivity contribution in [1.82, 2.24) is 0 Å². The van der Waals surface area contributed by atoms with Crippen LogP contribution in [0.4, 0.5) is 5.69 Å². The highest BCUT2D eigenvalue weighted by molar-refractivity contribution is 6.31. The molecule has 0 spiro atoms. The average molecular weight is 460 g/mol. The van der Waals surface area contributed by atoms with Crippen molar-refractivity contribution in [2.75, 3.05) is 5.32 Å². The maximum absolute atomic E-state index is 13.0. The van der Waals surface area contributed by atoms with Gasteiger partial charge in [-0.3, -0.25) is 9.59 Å². The zero-order valence-corrected chi connectivity index (χ0v) is 19.0. The van der Waals surface area contributed by atoms with Crippen LogP contribution >= 0.6 is 11.6 Å². The van der Waals surface area contributed by atoms with Gasteiger partial charge in [-0.2, -0.15) is 0 Å². The number of ether oxygens (including phenoxy) is 1. The van der Waals surface area contributed by atoms with Gasteiger partial charge in [0, 0.05) is 16.1 Å². The summed E-state index contributed by atoms with van der Waals surface area (Å²) in [5.74, 6) is 0.634. The Labute approximate surface area is 197 Å². The Kier molecular flexibility index (Phi) is 6.61. The van der Waals surface area contributed by atoms with Crippen LogP contribution in [-0.2, 0) is 6.61 Å². The van der Waals surface area contributed by atoms with Crippen molar-refractivity contribution in [3.05, 3.63) is 118 Å². The molecule has 0 bridgehead atoms. The number of hydrogen-bond donors (Lipinski definition) is 1. The molecule has 33 heavy (non-hydrogen) atoms. The minimum Gasteiger partial charge on any atom is -0.486 e. The zero-order valence-electron chi connectivity index (χ0n) is 18.2. The maximum Gasteiger partial charge on any atom is 0.291 e. The summed E-state index contributed by atoms with van der Waals surface area (Å²) in [6, 6.07) is 22.7. The second-order valence-electron chi connectivity index (χ2n) is 7.64. The summed E-state index contributed by atoms with van der Waals surface area (Å²) in [4.78, 5) is 25.7. The third kappa shape index (κ3) is 5.33. The molecule has 0 saturated carbocycles. The van der Waals surface area contributed by atoms with E-state index in [1.54, 1.807) is 48.5 Å². The molecule has 3 aromatic carbocycles. The molecule has 1 aromatic heterocycles. The fourth-order valence-corrected chi connectivity index (χ4v) is 3.45. The first-order valence-corrected chi connectivity index (χ1v) is 10.8. The van der Waals surface area contributed by atoms with E-state index in [0.717, 1.165) is 11.3 Å². The molecule has 1 amide bonds. The molecule has 0 aliphatic heterocycles. The number of benzene rings is 3. The third-order valence-corrected chi connectivity index (χ3v) is 5.49. The number of furan rings is 1. The molecular weight excluding hydrogens is 438 g/mol. The fraction of sp³-hybridized carbons (Fsp3) is 0.111. The summed E-state index contributed by atoms with van der Waals surface area (Å²) in [6.07, 6.45) is 0. The maximum atomic E-state index is 13.0. The Bertz CT molecular complexity index is 1310. The van der Waals surface area contributed by atoms with Gasteiger partial charge >= 0.3 is 0 Å². The smallest absolute Gasteiger partial charge is 0.291 e. The lowest BCUT2D eigenvalue weighted by Crippen LogP contribution is -2.14. The Morgan fingerprint density at radius 3 is 2.45 bits per heavy atom. The summed E-state index contributed by atoms with van der Waals surface area (Å²) in [7, 11) is 0. The normalized spacial score (nSPS) is 10.6. The SMILES string of the molecule is Cc1ccc(OCc2ccc(C(=O)Nc3ccc(Cl)cc3C(=O)c3ccccc3)o2)cc1C. The summed E-state index contributed by atoms with van der Waals surface area (Å²) in [6.45, 7) is 4.25. The van der Waals surface area contributed by atoms with Gasteiger partial charge in [0.15, 0.2) is 11.5 Å². The van der Waals surface area contributed by atoms with Gasteiger partial charge < -0.3 is 14.5 Å². The predicted octanol–water partition coefficient (Wildman–Crippen LogP) is 6.61. The number of carbonyl (C=O) groups excluding carboxylic acids is 2. The van der Waals surface area contributed by atoms with Crippen LogP contribution in [0.2, 0.25) is 5.02 Å². The fourth-order valence-electron chi connectivity index (χ4n) is 3.28. The monoisotopic (exact) mass is 459 g/mol. The van der Waals surface area contributed by atoms with Gasteiger partial charge in [0.2, 0.25) is 0 Å². The highest BCUT2D eigenvalue weighted by atomic mass is 35.5. The van der Waals surface area contributed by atoms with Crippen LogP contribution in [0.25, 0.3) is 0 Å². The molecule has 166 valence electrons. The van der Waals surface area contributed by atoms with Crippen molar-refractivity contribution < 1.29 is 18.7 Å². The molecule has 0 unspecified atom stereocenters. The van der Waals surface area contributed by atoms with Crippen LogP contribution in [0.5, 0.6) is 5.75 Å². The molecule has 6 heteroatoms. The molecule has 0 atom stereocenters. The molecule has 4 rings (SSSR count). The molecule has 5 nitrogen and oxygen atoms in total. The molecule has 4 aromatic rings. The number of ketones is 1. The molecular formula is C27H22ClNO4. The first kappa shape index (κ1) is 22.4. The minimum atomic E-state index is -0.475. The number of hydrogen-bond acceptors (Lipinski definition) is 4. The van der Waals surface area contributed by atoms with Crippen molar-refractivity contribution in [3.8, 4) is 5.75 Å². The third-order valence-electron chi connectivity index (χ3n) is 5.26. The first-order chi connectivity index (χ1) is 15.9. The van der Waals surface area contributed by atoms with Crippen LogP contribution in [0, 0.1) is 13.8 Å². The lowest BCUT2D eigenvalue weighted by atomic mass is 10.0. The first-order valence-electron chi connectivity index (χ1n) is 10.4. The Hall–Kier alpha value is -3.83. The van der Waals surface area contributed by atoms with E-state index in [1.165, 1.54) is 11.6 Å². The van der Waals surface area contributed by atoms with Gasteiger partial charge in [-0.15, -0.1) is 0 Å². The van der Waals surface area contributed by atoms with E-state index in [2.05, 4.69) is 5.32 Å². The van der Waals surface area contributed by atoms with Crippen LogP contribution in [0.15, 0.2) is 83.3 Å². The van der Waals surface area contributed by atoms with Gasteiger partial charge in [-0.1, -0.05) is 48.0 Å². The highest BCUT2D eigenvalue weighted by Crippen LogP contribution is 2.25. The van der Waals surface area contributed by atoms with E-state index in [1.807, 2.05) is 38.1 Å². The van der Waals surface area contributed by atoms with Gasteiger partial charge in [-0.25, -0.2) is 0 Å². The molecule has 0 aliphatic carbocycles. The lowest BCUT2D eigenvalue weighted by molar-refractivity contribution is 0.0992. The molecule has 0 aliphatic rings. The van der Waals surface area contributed by atoms with E-state index >= 15 is 0 Å². The molecule has 1 heterocycles. The second-order valence-corrected chi connectivity index (χ2v) is 8.08. The predicted molar refractivity (Wildman–Crippen MR) is 128 cm³/mol. The summed E-state index contributed by atoms with van der Waals surface area (Å²) >= 11 is 6.11. The summed E-state index contributed by atoms with van der Waals surface area (Å²) in [5.41, 5.74) is 3.47. The Morgan fingerprint density at radius 1 is 0.909 bits per heavy atom. The van der Waals surface area contributed by atoms with Crippen molar-refractivity contribution in [2.24, 2.45) is 0 Å². The summed E-state index contributed by atoms with van der Waals surface area (Å²) < 4.78 is 11.4. The number of nitrogens with one attached hydrogen (secondary N) is 1. The number of anilines is 1. The van der Waals surface area contributed by atoms with Crippen LogP contribution < -0.4 is 10.1 Å². The van der Waals surface area contributed by atoms with E-state index in [-0.39, 0.29) is 18.2 Å². The topological polar surface area (TPSA) is 68.5 Å². The van der Waals surface area contributed by atoms with Gasteiger partial charge in [0.25, 0.3) is 5.91 Å². The van der Waals surface area contributed by atoms with E-state index in [0.29, 0.717) is 27.6 Å². The number of halogens is 1. The standard InChI is InChI=1S/C27H22ClNO4/c1-17-8-10-21(14-18(17)2)32-16-22-11-13-25(33-22)27(31)29-24-12-9-20(28)15-23(24)26(30)19-6-4-3-5-7-19/h3-15H,16H2,1-2H3,(H,29,31). The molecule has 1 N–H and O–H groups in total. The minimum absolute atomic E-state index is 0.113. The van der Waals surface area contributed by atoms with Crippen molar-refractivity contribution in [2.45, 2.75) is 20.5 Å². The largest absolute Gasteiger partial charge is 0.486 e. The van der Waals surface area contributed by atoms with Crippen LogP contribution in [0.1, 0.15) is 43.4 Å². The zero-order chi connectivity index (χ0) is 23.4.